The Bertz CT molecular complexity index is 4270. The molecule has 2 fully saturated rings. The van der Waals surface area contributed by atoms with E-state index >= 15 is 0 Å². The number of benzene rings is 2. The summed E-state index contributed by atoms with van der Waals surface area (Å²) in [5, 5.41) is 18.6. The number of fused-ring (bicyclic) bond motifs is 10. The maximum absolute atomic E-state index is 13.8. The predicted molar refractivity (Wildman–Crippen MR) is 366 cm³/mol. The molecule has 2 aliphatic carbocycles. The number of ketones is 3. The van der Waals surface area contributed by atoms with Crippen molar-refractivity contribution in [3.05, 3.63) is 127 Å². The average molecular weight is 1360 g/mol. The van der Waals surface area contributed by atoms with Gasteiger partial charge in [0.15, 0.2) is 11.6 Å². The van der Waals surface area contributed by atoms with Crippen LogP contribution in [0.25, 0.3) is 44.6 Å². The lowest BCUT2D eigenvalue weighted by Crippen LogP contribution is -2.48. The first kappa shape index (κ1) is 73.6. The Morgan fingerprint density at radius 3 is 1.68 bits per heavy atom. The highest BCUT2D eigenvalue weighted by molar-refractivity contribution is 5.96. The van der Waals surface area contributed by atoms with Gasteiger partial charge in [-0.25, -0.2) is 14.8 Å². The van der Waals surface area contributed by atoms with Crippen LogP contribution in [0.15, 0.2) is 82.4 Å². The van der Waals surface area contributed by atoms with Gasteiger partial charge in [0.2, 0.25) is 23.3 Å². The Balaban J connectivity index is 0.000000205. The number of esters is 3. The molecule has 0 spiro atoms. The fourth-order valence-electron chi connectivity index (χ4n) is 13.4. The van der Waals surface area contributed by atoms with E-state index in [0.29, 0.717) is 77.0 Å². The molecule has 8 N–H and O–H groups in total. The Morgan fingerprint density at radius 2 is 1.19 bits per heavy atom. The third kappa shape index (κ3) is 16.4. The normalized spacial score (nSPS) is 18.3. The maximum atomic E-state index is 13.8. The van der Waals surface area contributed by atoms with Gasteiger partial charge in [0.25, 0.3) is 11.1 Å². The molecule has 2 aromatic carbocycles. The number of ether oxygens (including phenoxy) is 3. The molecule has 0 saturated heterocycles. The topological polar surface area (TPSA) is 377 Å². The van der Waals surface area contributed by atoms with E-state index in [1.807, 2.05) is 74.5 Å². The van der Waals surface area contributed by atoms with Crippen molar-refractivity contribution in [3.63, 3.8) is 0 Å². The van der Waals surface area contributed by atoms with Gasteiger partial charge in [0.1, 0.15) is 24.4 Å². The lowest BCUT2D eigenvalue weighted by molar-refractivity contribution is -0.188. The molecular weight excluding hydrogens is 1270 g/mol. The molecule has 99 heavy (non-hydrogen) atoms. The number of carboxylic acids is 1. The summed E-state index contributed by atoms with van der Waals surface area (Å²) < 4.78 is 19.5. The van der Waals surface area contributed by atoms with E-state index in [0.717, 1.165) is 58.6 Å². The number of carbonyl (C=O) groups excluding carboxylic acids is 9. The number of cyclic esters (lactones) is 2. The largest absolute Gasteiger partial charge is 0.481 e. The van der Waals surface area contributed by atoms with E-state index in [1.54, 1.807) is 35.1 Å². The molecule has 2 saturated carbocycles. The number of Topliss-reactive ketones (excluding diaryl/α,β-unsaturated/α-hetero) is 3. The van der Waals surface area contributed by atoms with Crippen molar-refractivity contribution < 1.29 is 67.3 Å². The molecule has 5 atom stereocenters. The van der Waals surface area contributed by atoms with Gasteiger partial charge >= 0.3 is 23.9 Å². The molecule has 6 aromatic rings. The third-order valence-corrected chi connectivity index (χ3v) is 19.9. The molecule has 4 aliphatic heterocycles. The zero-order chi connectivity index (χ0) is 71.5. The van der Waals surface area contributed by atoms with Crippen LogP contribution in [0.2, 0.25) is 0 Å². The van der Waals surface area contributed by atoms with Crippen LogP contribution in [0.5, 0.6) is 0 Å². The van der Waals surface area contributed by atoms with Crippen LogP contribution in [-0.2, 0) is 99.5 Å². The van der Waals surface area contributed by atoms with Crippen molar-refractivity contribution in [2.75, 3.05) is 13.1 Å². The summed E-state index contributed by atoms with van der Waals surface area (Å²) >= 11 is 0. The number of carbonyl (C=O) groups is 10. The standard InChI is InChI=1S/C40H47N5O8.C22H19N3O5.C8H14O3.C4H9N/c1-4-24(37(50)44-31(23(3)46)14-16-35(49)42-27-10-8-11-27)13-15-34(48)41-20-28(47)19-40(5-2)30-18-33-36-26(17-25-9-6-7-12-32(25)43-36)21-45(33)38(51)29(30)22-53-39(40)52;1-2-22(30-18(26)9-23)15-8-17-19-13(7-12-5-3-4-6-16(12)24-19)10-25(17)20(27)14(15)11-29-21(22)28;1-3-7(6(2)9)4-5-8(10)11;5-4-2-1-3-4/h6-7,9,12,17-18,24,27,31H,4-5,8,10-11,13-16,19-22H2,1-3H3,(H,41,48)(H,42,49)(H,44,50);3-8H,2,9-11,23H2,1H3;7H,3-5H2,1-2H3,(H,10,11);4H,1-3,5H2/t24?,31?,40-;22-;;/m00../s1. The first-order valence-electron chi connectivity index (χ1n) is 34.3. The number of amides is 3. The quantitative estimate of drug-likeness (QED) is 0.0260. The molecule has 6 aliphatic rings. The average Bonchev–Trinajstić information content (AvgIpc) is 1.69. The van der Waals surface area contributed by atoms with Crippen LogP contribution in [0.4, 0.5) is 0 Å². The van der Waals surface area contributed by atoms with E-state index in [-0.39, 0.29) is 124 Å². The molecule has 25 nitrogen and oxygen atoms in total. The highest BCUT2D eigenvalue weighted by Gasteiger charge is 2.51. The molecule has 25 heteroatoms. The lowest BCUT2D eigenvalue weighted by atomic mass is 9.71. The molecule has 3 unspecified atom stereocenters. The van der Waals surface area contributed by atoms with Crippen molar-refractivity contribution in [2.45, 2.75) is 206 Å². The zero-order valence-corrected chi connectivity index (χ0v) is 57.1. The summed E-state index contributed by atoms with van der Waals surface area (Å²) in [4.78, 5) is 160. The maximum Gasteiger partial charge on any atom is 0.355 e. The Hall–Kier alpha value is -9.62. The predicted octanol–water partition coefficient (Wildman–Crippen LogP) is 7.09. The van der Waals surface area contributed by atoms with Gasteiger partial charge in [0.05, 0.1) is 77.2 Å². The summed E-state index contributed by atoms with van der Waals surface area (Å²) in [6, 6.07) is 22.9. The summed E-state index contributed by atoms with van der Waals surface area (Å²) in [6.45, 7) is 9.68. The summed E-state index contributed by atoms with van der Waals surface area (Å²) in [7, 11) is 0. The summed E-state index contributed by atoms with van der Waals surface area (Å²) in [5.41, 5.74) is 14.5. The number of hydrogen-bond acceptors (Lipinski definition) is 19. The van der Waals surface area contributed by atoms with Gasteiger partial charge in [-0.2, -0.15) is 0 Å². The molecule has 12 rings (SSSR count). The monoisotopic (exact) mass is 1360 g/mol. The SMILES string of the molecule is CCC(CCC(=O)NCC(=O)C[C@]1(CC)C(=O)OCc2c1cc1n(c2=O)Cc2cc3ccccc3nc2-1)C(=O)NC(CCC(=O)NC1CCC1)C(C)=O.CCC(CCC(=O)O)C(C)=O.CC[C@@]1(OC(=O)CN)C(=O)OCc2c1cc1n(c2=O)Cc2cc3ccccc3nc2-1.NC1CCC1. The van der Waals surface area contributed by atoms with Crippen LogP contribution >= 0.6 is 0 Å². The molecule has 0 bridgehead atoms. The summed E-state index contributed by atoms with van der Waals surface area (Å²) in [6.07, 6.45) is 9.12. The van der Waals surface area contributed by atoms with Gasteiger partial charge in [-0.15, -0.1) is 0 Å². The van der Waals surface area contributed by atoms with Gasteiger partial charge in [-0.1, -0.05) is 70.5 Å². The molecule has 3 amide bonds. The first-order valence-corrected chi connectivity index (χ1v) is 34.3. The number of aliphatic carboxylic acids is 1. The molecule has 4 aromatic heterocycles. The van der Waals surface area contributed by atoms with E-state index in [4.69, 9.17) is 40.8 Å². The van der Waals surface area contributed by atoms with Crippen molar-refractivity contribution in [1.29, 1.82) is 0 Å². The van der Waals surface area contributed by atoms with Crippen LogP contribution in [0, 0.1) is 11.8 Å². The van der Waals surface area contributed by atoms with Gasteiger partial charge in [-0.05, 0) is 133 Å². The highest BCUT2D eigenvalue weighted by Crippen LogP contribution is 2.44. The number of nitrogens with one attached hydrogen (secondary N) is 3. The van der Waals surface area contributed by atoms with E-state index in [9.17, 15) is 57.5 Å². The number of nitrogens with two attached hydrogens (primary N) is 2. The fourth-order valence-corrected chi connectivity index (χ4v) is 13.4. The van der Waals surface area contributed by atoms with Crippen LogP contribution < -0.4 is 38.5 Å². The number of rotatable bonds is 24. The van der Waals surface area contributed by atoms with Crippen molar-refractivity contribution in [1.82, 2.24) is 35.1 Å². The van der Waals surface area contributed by atoms with Crippen molar-refractivity contribution in [2.24, 2.45) is 23.3 Å². The van der Waals surface area contributed by atoms with Crippen molar-refractivity contribution >= 4 is 80.8 Å². The first-order chi connectivity index (χ1) is 47.4. The summed E-state index contributed by atoms with van der Waals surface area (Å²) in [5.74, 6) is -5.02. The minimum atomic E-state index is -1.70. The lowest BCUT2D eigenvalue weighted by Gasteiger charge is -2.36. The second-order valence-electron chi connectivity index (χ2n) is 26.3. The number of hydrogen-bond donors (Lipinski definition) is 6. The molecule has 0 radical (unpaired) electrons. The van der Waals surface area contributed by atoms with Gasteiger partial charge in [0, 0.05) is 77.1 Å². The molecule has 8 heterocycles. The number of nitrogens with zero attached hydrogens (tertiary/aromatic N) is 4. The zero-order valence-electron chi connectivity index (χ0n) is 57.1. The Labute approximate surface area is 572 Å². The highest BCUT2D eigenvalue weighted by atomic mass is 16.6. The van der Waals surface area contributed by atoms with Gasteiger partial charge in [-0.3, -0.25) is 52.7 Å². The fraction of sp³-hybridized carbons (Fsp3) is 0.486. The number of para-hydroxylation sites is 2. The minimum absolute atomic E-state index is 0.0402. The smallest absolute Gasteiger partial charge is 0.355 e. The Kier molecular flexibility index (Phi) is 24.1. The van der Waals surface area contributed by atoms with Crippen LogP contribution in [0.3, 0.4) is 0 Å². The number of carboxylic acid groups (broad SMARTS) is 1. The van der Waals surface area contributed by atoms with E-state index in [1.165, 1.54) is 33.1 Å². The third-order valence-electron chi connectivity index (χ3n) is 19.9. The minimum Gasteiger partial charge on any atom is -0.481 e. The van der Waals surface area contributed by atoms with Gasteiger partial charge < -0.3 is 55.9 Å². The second-order valence-corrected chi connectivity index (χ2v) is 26.3. The van der Waals surface area contributed by atoms with Crippen molar-refractivity contribution in [3.8, 4) is 22.8 Å². The van der Waals surface area contributed by atoms with E-state index in [2.05, 4.69) is 16.0 Å². The Morgan fingerprint density at radius 1 is 0.667 bits per heavy atom. The van der Waals surface area contributed by atoms with Crippen LogP contribution in [-0.4, -0.2) is 114 Å². The number of aromatic nitrogens is 4. The molecule has 526 valence electrons. The second kappa shape index (κ2) is 32.4. The van der Waals surface area contributed by atoms with Crippen LogP contribution in [0.1, 0.15) is 184 Å². The number of pyridine rings is 4. The molecular formula is C74H89N9O16. The van der Waals surface area contributed by atoms with E-state index < -0.39 is 58.5 Å².